The number of rotatable bonds is 3. The summed E-state index contributed by atoms with van der Waals surface area (Å²) >= 11 is 5.89. The number of aliphatic hydroxyl groups excluding tert-OH is 1. The molecule has 1 N–H and O–H groups in total. The van der Waals surface area contributed by atoms with Gasteiger partial charge < -0.3 is 10.0 Å². The standard InChI is InChI=1S/C16H18ClN3O/c17-14-3-1-12(2-4-14)16(21)13-5-9-20(10-6-13)15-11-18-7-8-19-15/h1-4,7-8,11,13,16,21H,5-6,9-10H2. The number of benzene rings is 1. The first kappa shape index (κ1) is 14.3. The van der Waals surface area contributed by atoms with Gasteiger partial charge in [-0.3, -0.25) is 4.98 Å². The van der Waals surface area contributed by atoms with E-state index >= 15 is 0 Å². The molecule has 0 bridgehead atoms. The van der Waals surface area contributed by atoms with Crippen LogP contribution in [0.2, 0.25) is 5.02 Å². The molecule has 5 heteroatoms. The molecule has 1 saturated heterocycles. The van der Waals surface area contributed by atoms with E-state index in [-0.39, 0.29) is 5.92 Å². The number of aromatic nitrogens is 2. The molecular weight excluding hydrogens is 286 g/mol. The molecule has 4 nitrogen and oxygen atoms in total. The highest BCUT2D eigenvalue weighted by Crippen LogP contribution is 2.32. The van der Waals surface area contributed by atoms with Gasteiger partial charge in [0.05, 0.1) is 12.3 Å². The SMILES string of the molecule is OC(c1ccc(Cl)cc1)C1CCN(c2cnccn2)CC1. The Bertz CT molecular complexity index is 568. The minimum absolute atomic E-state index is 0.277. The van der Waals surface area contributed by atoms with E-state index in [1.807, 2.05) is 24.3 Å². The smallest absolute Gasteiger partial charge is 0.147 e. The van der Waals surface area contributed by atoms with Gasteiger partial charge >= 0.3 is 0 Å². The molecule has 1 aliphatic heterocycles. The van der Waals surface area contributed by atoms with E-state index in [2.05, 4.69) is 14.9 Å². The average Bonchev–Trinajstić information content (AvgIpc) is 2.56. The molecule has 21 heavy (non-hydrogen) atoms. The van der Waals surface area contributed by atoms with Crippen LogP contribution in [-0.4, -0.2) is 28.2 Å². The lowest BCUT2D eigenvalue weighted by Crippen LogP contribution is -2.36. The van der Waals surface area contributed by atoms with Gasteiger partial charge in [0.25, 0.3) is 0 Å². The third kappa shape index (κ3) is 3.34. The second-order valence-electron chi connectivity index (χ2n) is 5.38. The molecule has 2 heterocycles. The minimum atomic E-state index is -0.425. The van der Waals surface area contributed by atoms with Gasteiger partial charge in [0.2, 0.25) is 0 Å². The maximum Gasteiger partial charge on any atom is 0.147 e. The van der Waals surface area contributed by atoms with Crippen molar-refractivity contribution in [2.24, 2.45) is 5.92 Å². The van der Waals surface area contributed by atoms with Gasteiger partial charge in [0.15, 0.2) is 0 Å². The third-order valence-corrected chi connectivity index (χ3v) is 4.32. The molecule has 1 aliphatic rings. The summed E-state index contributed by atoms with van der Waals surface area (Å²) in [6.45, 7) is 1.79. The van der Waals surface area contributed by atoms with Crippen LogP contribution in [0.25, 0.3) is 0 Å². The average molecular weight is 304 g/mol. The van der Waals surface area contributed by atoms with Gasteiger partial charge in [-0.25, -0.2) is 4.98 Å². The molecule has 3 rings (SSSR count). The molecule has 110 valence electrons. The Balaban J connectivity index is 1.61. The van der Waals surface area contributed by atoms with Crippen molar-refractivity contribution < 1.29 is 5.11 Å². The van der Waals surface area contributed by atoms with Crippen molar-refractivity contribution in [2.45, 2.75) is 18.9 Å². The summed E-state index contributed by atoms with van der Waals surface area (Å²) in [6.07, 6.45) is 6.65. The Morgan fingerprint density at radius 2 is 1.86 bits per heavy atom. The van der Waals surface area contributed by atoms with E-state index in [1.54, 1.807) is 18.6 Å². The Kier molecular flexibility index (Phi) is 4.36. The zero-order valence-corrected chi connectivity index (χ0v) is 12.4. The zero-order valence-electron chi connectivity index (χ0n) is 11.7. The van der Waals surface area contributed by atoms with Crippen LogP contribution in [0.5, 0.6) is 0 Å². The Labute approximate surface area is 129 Å². The van der Waals surface area contributed by atoms with E-state index in [4.69, 9.17) is 11.6 Å². The summed E-state index contributed by atoms with van der Waals surface area (Å²) in [6, 6.07) is 7.47. The predicted octanol–water partition coefficient (Wildman–Crippen LogP) is 3.08. The molecule has 1 unspecified atom stereocenters. The molecule has 1 atom stereocenters. The van der Waals surface area contributed by atoms with Crippen LogP contribution in [0.1, 0.15) is 24.5 Å². The number of anilines is 1. The van der Waals surface area contributed by atoms with Gasteiger partial charge in [-0.2, -0.15) is 0 Å². The number of aliphatic hydroxyl groups is 1. The van der Waals surface area contributed by atoms with Crippen molar-refractivity contribution in [3.8, 4) is 0 Å². The molecule has 2 aromatic rings. The Morgan fingerprint density at radius 3 is 2.48 bits per heavy atom. The molecule has 1 fully saturated rings. The Morgan fingerprint density at radius 1 is 1.14 bits per heavy atom. The molecule has 0 spiro atoms. The zero-order chi connectivity index (χ0) is 14.7. The van der Waals surface area contributed by atoms with Gasteiger partial charge in [-0.05, 0) is 36.5 Å². The second-order valence-corrected chi connectivity index (χ2v) is 5.82. The minimum Gasteiger partial charge on any atom is -0.388 e. The summed E-state index contributed by atoms with van der Waals surface area (Å²) in [7, 11) is 0. The normalized spacial score (nSPS) is 17.7. The number of hydrogen-bond donors (Lipinski definition) is 1. The lowest BCUT2D eigenvalue weighted by molar-refractivity contribution is 0.0929. The van der Waals surface area contributed by atoms with Crippen molar-refractivity contribution in [1.29, 1.82) is 0 Å². The summed E-state index contributed by atoms with van der Waals surface area (Å²) in [5.74, 6) is 1.19. The van der Waals surface area contributed by atoms with E-state index in [0.717, 1.165) is 37.3 Å². The number of halogens is 1. The number of nitrogens with zero attached hydrogens (tertiary/aromatic N) is 3. The number of hydrogen-bond acceptors (Lipinski definition) is 4. The van der Waals surface area contributed by atoms with Crippen LogP contribution in [0.3, 0.4) is 0 Å². The fourth-order valence-electron chi connectivity index (χ4n) is 2.83. The van der Waals surface area contributed by atoms with Crippen LogP contribution in [-0.2, 0) is 0 Å². The van der Waals surface area contributed by atoms with E-state index < -0.39 is 6.10 Å². The first-order valence-electron chi connectivity index (χ1n) is 7.18. The largest absolute Gasteiger partial charge is 0.388 e. The topological polar surface area (TPSA) is 49.2 Å². The fraction of sp³-hybridized carbons (Fsp3) is 0.375. The molecule has 0 saturated carbocycles. The van der Waals surface area contributed by atoms with Crippen molar-refractivity contribution >= 4 is 17.4 Å². The van der Waals surface area contributed by atoms with Crippen molar-refractivity contribution in [1.82, 2.24) is 9.97 Å². The maximum atomic E-state index is 10.5. The number of piperidine rings is 1. The predicted molar refractivity (Wildman–Crippen MR) is 83.4 cm³/mol. The summed E-state index contributed by atoms with van der Waals surface area (Å²) < 4.78 is 0. The van der Waals surface area contributed by atoms with Gasteiger partial charge in [-0.15, -0.1) is 0 Å². The molecule has 0 aliphatic carbocycles. The van der Waals surface area contributed by atoms with Gasteiger partial charge in [0, 0.05) is 30.5 Å². The van der Waals surface area contributed by atoms with Gasteiger partial charge in [-0.1, -0.05) is 23.7 Å². The quantitative estimate of drug-likeness (QED) is 0.946. The summed E-state index contributed by atoms with van der Waals surface area (Å²) in [5.41, 5.74) is 0.942. The van der Waals surface area contributed by atoms with Crippen molar-refractivity contribution in [3.05, 3.63) is 53.4 Å². The summed E-state index contributed by atoms with van der Waals surface area (Å²) in [4.78, 5) is 10.7. The lowest BCUT2D eigenvalue weighted by Gasteiger charge is -2.34. The highest BCUT2D eigenvalue weighted by molar-refractivity contribution is 6.30. The monoisotopic (exact) mass is 303 g/mol. The van der Waals surface area contributed by atoms with E-state index in [0.29, 0.717) is 5.02 Å². The van der Waals surface area contributed by atoms with Crippen LogP contribution < -0.4 is 4.90 Å². The first-order valence-corrected chi connectivity index (χ1v) is 7.56. The van der Waals surface area contributed by atoms with Crippen molar-refractivity contribution in [3.63, 3.8) is 0 Å². The van der Waals surface area contributed by atoms with E-state index in [9.17, 15) is 5.11 Å². The van der Waals surface area contributed by atoms with E-state index in [1.165, 1.54) is 0 Å². The highest BCUT2D eigenvalue weighted by atomic mass is 35.5. The second kappa shape index (κ2) is 6.41. The van der Waals surface area contributed by atoms with Crippen molar-refractivity contribution in [2.75, 3.05) is 18.0 Å². The summed E-state index contributed by atoms with van der Waals surface area (Å²) in [5, 5.41) is 11.2. The third-order valence-electron chi connectivity index (χ3n) is 4.07. The molecule has 0 amide bonds. The van der Waals surface area contributed by atoms with Crippen LogP contribution in [0.15, 0.2) is 42.9 Å². The maximum absolute atomic E-state index is 10.5. The highest BCUT2D eigenvalue weighted by Gasteiger charge is 2.26. The molecule has 1 aromatic carbocycles. The Hall–Kier alpha value is -1.65. The first-order chi connectivity index (χ1) is 10.2. The molecule has 0 radical (unpaired) electrons. The lowest BCUT2D eigenvalue weighted by atomic mass is 9.87. The van der Waals surface area contributed by atoms with Crippen LogP contribution >= 0.6 is 11.6 Å². The van der Waals surface area contributed by atoms with Gasteiger partial charge in [0.1, 0.15) is 5.82 Å². The fourth-order valence-corrected chi connectivity index (χ4v) is 2.96. The van der Waals surface area contributed by atoms with Crippen LogP contribution in [0.4, 0.5) is 5.82 Å². The molecule has 1 aromatic heterocycles. The molecular formula is C16H18ClN3O. The van der Waals surface area contributed by atoms with Crippen LogP contribution in [0, 0.1) is 5.92 Å².